The minimum absolute atomic E-state index is 0.0881. The molecule has 0 spiro atoms. The molecule has 2 nitrogen and oxygen atoms in total. The van der Waals surface area contributed by atoms with E-state index in [0.717, 1.165) is 31.6 Å². The number of hydrogen-bond donors (Lipinski definition) is 0. The molecule has 1 unspecified atom stereocenters. The molecule has 0 aliphatic carbocycles. The minimum atomic E-state index is -4.32. The van der Waals surface area contributed by atoms with Gasteiger partial charge in [0.2, 0.25) is 0 Å². The summed E-state index contributed by atoms with van der Waals surface area (Å²) in [6.07, 6.45) is -0.0962. The van der Waals surface area contributed by atoms with Crippen LogP contribution in [-0.4, -0.2) is 17.6 Å². The molecule has 0 saturated carbocycles. The summed E-state index contributed by atoms with van der Waals surface area (Å²) in [5.41, 5.74) is -0.601. The van der Waals surface area contributed by atoms with Crippen molar-refractivity contribution in [2.75, 3.05) is 11.4 Å². The van der Waals surface area contributed by atoms with E-state index in [-0.39, 0.29) is 5.41 Å². The van der Waals surface area contributed by atoms with Crippen molar-refractivity contribution in [3.8, 4) is 0 Å². The van der Waals surface area contributed by atoms with Crippen molar-refractivity contribution in [3.63, 3.8) is 0 Å². The SMILES string of the molecule is CC(C)(C)C1CCCCN1c1ccc(C(F)(F)F)cn1. The zero-order valence-electron chi connectivity index (χ0n) is 12.2. The normalized spacial score (nSPS) is 21.1. The van der Waals surface area contributed by atoms with E-state index in [4.69, 9.17) is 0 Å². The molecule has 20 heavy (non-hydrogen) atoms. The number of pyridine rings is 1. The van der Waals surface area contributed by atoms with Crippen LogP contribution in [0.25, 0.3) is 0 Å². The first kappa shape index (κ1) is 15.1. The standard InChI is InChI=1S/C15H21F3N2/c1-14(2,3)12-6-4-5-9-20(12)13-8-7-11(10-19-13)15(16,17)18/h7-8,10,12H,4-6,9H2,1-3H3. The molecule has 1 fully saturated rings. The lowest BCUT2D eigenvalue weighted by Gasteiger charge is -2.44. The van der Waals surface area contributed by atoms with Crippen LogP contribution >= 0.6 is 0 Å². The maximum atomic E-state index is 12.6. The molecule has 1 atom stereocenters. The second kappa shape index (κ2) is 5.26. The lowest BCUT2D eigenvalue weighted by Crippen LogP contribution is -2.47. The Morgan fingerprint density at radius 2 is 1.85 bits per heavy atom. The topological polar surface area (TPSA) is 16.1 Å². The highest BCUT2D eigenvalue weighted by molar-refractivity contribution is 5.42. The van der Waals surface area contributed by atoms with Crippen LogP contribution in [0.5, 0.6) is 0 Å². The second-order valence-electron chi connectivity index (χ2n) is 6.47. The number of alkyl halides is 3. The number of rotatable bonds is 1. The smallest absolute Gasteiger partial charge is 0.353 e. The molecule has 0 amide bonds. The highest BCUT2D eigenvalue weighted by atomic mass is 19.4. The van der Waals surface area contributed by atoms with E-state index in [1.165, 1.54) is 12.5 Å². The second-order valence-corrected chi connectivity index (χ2v) is 6.47. The van der Waals surface area contributed by atoms with E-state index in [1.54, 1.807) is 0 Å². The molecule has 2 rings (SSSR count). The van der Waals surface area contributed by atoms with Crippen molar-refractivity contribution < 1.29 is 13.2 Å². The van der Waals surface area contributed by atoms with E-state index in [9.17, 15) is 13.2 Å². The van der Waals surface area contributed by atoms with Crippen LogP contribution in [0.2, 0.25) is 0 Å². The van der Waals surface area contributed by atoms with E-state index < -0.39 is 11.7 Å². The van der Waals surface area contributed by atoms with E-state index in [2.05, 4.69) is 30.7 Å². The van der Waals surface area contributed by atoms with Crippen LogP contribution in [0.1, 0.15) is 45.6 Å². The molecule has 112 valence electrons. The van der Waals surface area contributed by atoms with Gasteiger partial charge < -0.3 is 4.90 Å². The van der Waals surface area contributed by atoms with Crippen molar-refractivity contribution in [2.24, 2.45) is 5.41 Å². The zero-order chi connectivity index (χ0) is 15.0. The fraction of sp³-hybridized carbons (Fsp3) is 0.667. The highest BCUT2D eigenvalue weighted by Crippen LogP contribution is 2.35. The van der Waals surface area contributed by atoms with Gasteiger partial charge in [-0.2, -0.15) is 13.2 Å². The Labute approximate surface area is 118 Å². The van der Waals surface area contributed by atoms with Gasteiger partial charge in [0.05, 0.1) is 5.56 Å². The van der Waals surface area contributed by atoms with Crippen LogP contribution < -0.4 is 4.90 Å². The maximum absolute atomic E-state index is 12.6. The van der Waals surface area contributed by atoms with Crippen molar-refractivity contribution >= 4 is 5.82 Å². The number of nitrogens with zero attached hydrogens (tertiary/aromatic N) is 2. The van der Waals surface area contributed by atoms with E-state index in [1.807, 2.05) is 0 Å². The fourth-order valence-electron chi connectivity index (χ4n) is 2.83. The summed E-state index contributed by atoms with van der Waals surface area (Å²) in [6.45, 7) is 7.36. The highest BCUT2D eigenvalue weighted by Gasteiger charge is 2.34. The Morgan fingerprint density at radius 3 is 2.35 bits per heavy atom. The minimum Gasteiger partial charge on any atom is -0.353 e. The lowest BCUT2D eigenvalue weighted by molar-refractivity contribution is -0.137. The van der Waals surface area contributed by atoms with Gasteiger partial charge in [0.1, 0.15) is 5.82 Å². The first-order valence-corrected chi connectivity index (χ1v) is 6.99. The third kappa shape index (κ3) is 3.25. The Bertz CT molecular complexity index is 446. The monoisotopic (exact) mass is 286 g/mol. The number of hydrogen-bond acceptors (Lipinski definition) is 2. The van der Waals surface area contributed by atoms with E-state index >= 15 is 0 Å². The maximum Gasteiger partial charge on any atom is 0.417 e. The molecule has 5 heteroatoms. The van der Waals surface area contributed by atoms with E-state index in [0.29, 0.717) is 11.9 Å². The summed E-state index contributed by atoms with van der Waals surface area (Å²) in [7, 11) is 0. The number of piperidine rings is 1. The Morgan fingerprint density at radius 1 is 1.15 bits per heavy atom. The molecular weight excluding hydrogens is 265 g/mol. The molecule has 1 aliphatic heterocycles. The third-order valence-electron chi connectivity index (χ3n) is 3.87. The van der Waals surface area contributed by atoms with Gasteiger partial charge in [0.15, 0.2) is 0 Å². The van der Waals surface area contributed by atoms with Gasteiger partial charge >= 0.3 is 6.18 Å². The molecule has 1 aliphatic rings. The number of anilines is 1. The van der Waals surface area contributed by atoms with Gasteiger partial charge in [-0.1, -0.05) is 20.8 Å². The van der Waals surface area contributed by atoms with Gasteiger partial charge in [-0.3, -0.25) is 0 Å². The molecule has 0 N–H and O–H groups in total. The van der Waals surface area contributed by atoms with Crippen molar-refractivity contribution in [1.82, 2.24) is 4.98 Å². The summed E-state index contributed by atoms with van der Waals surface area (Å²) in [4.78, 5) is 6.19. The predicted molar refractivity (Wildman–Crippen MR) is 73.7 cm³/mol. The quantitative estimate of drug-likeness (QED) is 0.755. The summed E-state index contributed by atoms with van der Waals surface area (Å²) in [5, 5.41) is 0. The zero-order valence-corrected chi connectivity index (χ0v) is 12.2. The Balaban J connectivity index is 2.25. The van der Waals surface area contributed by atoms with Crippen LogP contribution in [-0.2, 0) is 6.18 Å². The van der Waals surface area contributed by atoms with Gasteiger partial charge in [-0.05, 0) is 36.8 Å². The average molecular weight is 286 g/mol. The van der Waals surface area contributed by atoms with Crippen molar-refractivity contribution in [3.05, 3.63) is 23.9 Å². The van der Waals surface area contributed by atoms with Gasteiger partial charge in [-0.15, -0.1) is 0 Å². The largest absolute Gasteiger partial charge is 0.417 e. The summed E-state index contributed by atoms with van der Waals surface area (Å²) < 4.78 is 37.7. The molecule has 0 radical (unpaired) electrons. The number of aromatic nitrogens is 1. The summed E-state index contributed by atoms with van der Waals surface area (Å²) in [5.74, 6) is 0.651. The van der Waals surface area contributed by atoms with Crippen LogP contribution in [0.15, 0.2) is 18.3 Å². The lowest BCUT2D eigenvalue weighted by atomic mass is 9.80. The molecule has 0 aromatic carbocycles. The van der Waals surface area contributed by atoms with Crippen LogP contribution in [0.3, 0.4) is 0 Å². The Hall–Kier alpha value is -1.26. The van der Waals surface area contributed by atoms with Crippen LogP contribution in [0.4, 0.5) is 19.0 Å². The third-order valence-corrected chi connectivity index (χ3v) is 3.87. The van der Waals surface area contributed by atoms with Gasteiger partial charge in [-0.25, -0.2) is 4.98 Å². The Kier molecular flexibility index (Phi) is 3.98. The van der Waals surface area contributed by atoms with Crippen molar-refractivity contribution in [2.45, 2.75) is 52.3 Å². The molecule has 1 aromatic rings. The predicted octanol–water partition coefficient (Wildman–Crippen LogP) is 4.51. The molecule has 0 bridgehead atoms. The summed E-state index contributed by atoms with van der Waals surface area (Å²) in [6, 6.07) is 2.93. The first-order valence-electron chi connectivity index (χ1n) is 6.99. The van der Waals surface area contributed by atoms with Gasteiger partial charge in [0, 0.05) is 18.8 Å². The summed E-state index contributed by atoms with van der Waals surface area (Å²) >= 11 is 0. The average Bonchev–Trinajstić information content (AvgIpc) is 2.37. The van der Waals surface area contributed by atoms with Crippen molar-refractivity contribution in [1.29, 1.82) is 0 Å². The van der Waals surface area contributed by atoms with Gasteiger partial charge in [0.25, 0.3) is 0 Å². The molecule has 2 heterocycles. The molecule has 1 aromatic heterocycles. The fourth-order valence-corrected chi connectivity index (χ4v) is 2.83. The first-order chi connectivity index (χ1) is 9.19. The van der Waals surface area contributed by atoms with Crippen LogP contribution in [0, 0.1) is 5.41 Å². The number of halogens is 3. The molecular formula is C15H21F3N2. The molecule has 1 saturated heterocycles.